The van der Waals surface area contributed by atoms with E-state index in [-0.39, 0.29) is 24.0 Å². The fourth-order valence-electron chi connectivity index (χ4n) is 1.86. The summed E-state index contributed by atoms with van der Waals surface area (Å²) in [7, 11) is 0. The highest BCUT2D eigenvalue weighted by molar-refractivity contribution is 14.0. The highest BCUT2D eigenvalue weighted by Gasteiger charge is 2.08. The fourth-order valence-corrected chi connectivity index (χ4v) is 1.86. The Hall–Kier alpha value is -1.58. The van der Waals surface area contributed by atoms with E-state index < -0.39 is 0 Å². The van der Waals surface area contributed by atoms with Gasteiger partial charge in [0.05, 0.1) is 6.26 Å². The number of furan rings is 1. The van der Waals surface area contributed by atoms with Crippen LogP contribution in [-0.4, -0.2) is 34.2 Å². The molecule has 2 heterocycles. The van der Waals surface area contributed by atoms with Gasteiger partial charge in [0.2, 0.25) is 5.82 Å². The van der Waals surface area contributed by atoms with Crippen molar-refractivity contribution in [2.75, 3.05) is 13.1 Å². The van der Waals surface area contributed by atoms with Crippen molar-refractivity contribution in [1.82, 2.24) is 25.8 Å². The minimum Gasteiger partial charge on any atom is -0.461 e. The van der Waals surface area contributed by atoms with Gasteiger partial charge in [0.25, 0.3) is 0 Å². The predicted molar refractivity (Wildman–Crippen MR) is 102 cm³/mol. The Balaban J connectivity index is 0.00000264. The van der Waals surface area contributed by atoms with E-state index in [4.69, 9.17) is 4.42 Å². The molecule has 0 amide bonds. The fraction of sp³-hybridized carbons (Fsp3) is 0.533. The van der Waals surface area contributed by atoms with Crippen LogP contribution in [0.2, 0.25) is 0 Å². The molecule has 0 saturated carbocycles. The zero-order valence-electron chi connectivity index (χ0n) is 13.8. The smallest absolute Gasteiger partial charge is 0.216 e. The first kappa shape index (κ1) is 19.5. The van der Waals surface area contributed by atoms with Crippen molar-refractivity contribution >= 4 is 29.9 Å². The minimum atomic E-state index is 0. The molecule has 7 nitrogen and oxygen atoms in total. The van der Waals surface area contributed by atoms with Gasteiger partial charge in [-0.3, -0.25) is 5.10 Å². The number of rotatable bonds is 7. The second kappa shape index (κ2) is 10.2. The van der Waals surface area contributed by atoms with Crippen LogP contribution < -0.4 is 10.6 Å². The zero-order valence-corrected chi connectivity index (χ0v) is 16.1. The second-order valence-corrected chi connectivity index (χ2v) is 5.39. The quantitative estimate of drug-likeness (QED) is 0.356. The topological polar surface area (TPSA) is 91.1 Å². The van der Waals surface area contributed by atoms with E-state index in [9.17, 15) is 0 Å². The number of aliphatic imine (C=N–C) groups is 1. The first-order chi connectivity index (χ1) is 10.7. The lowest BCUT2D eigenvalue weighted by atomic mass is 10.1. The maximum Gasteiger partial charge on any atom is 0.216 e. The van der Waals surface area contributed by atoms with Crippen molar-refractivity contribution in [1.29, 1.82) is 0 Å². The van der Waals surface area contributed by atoms with Gasteiger partial charge in [-0.15, -0.1) is 29.1 Å². The van der Waals surface area contributed by atoms with E-state index >= 15 is 0 Å². The number of aromatic amines is 1. The lowest BCUT2D eigenvalue weighted by Gasteiger charge is -2.11. The molecule has 0 aliphatic carbocycles. The van der Waals surface area contributed by atoms with Gasteiger partial charge in [0.15, 0.2) is 11.7 Å². The molecule has 0 fully saturated rings. The monoisotopic (exact) mass is 432 g/mol. The third kappa shape index (κ3) is 6.59. The van der Waals surface area contributed by atoms with Crippen LogP contribution in [0.4, 0.5) is 0 Å². The average molecular weight is 432 g/mol. The van der Waals surface area contributed by atoms with Gasteiger partial charge in [0.1, 0.15) is 12.4 Å². The van der Waals surface area contributed by atoms with Crippen LogP contribution in [0.3, 0.4) is 0 Å². The Morgan fingerprint density at radius 3 is 2.87 bits per heavy atom. The molecule has 0 aliphatic heterocycles. The van der Waals surface area contributed by atoms with Crippen LogP contribution in [0.15, 0.2) is 27.8 Å². The van der Waals surface area contributed by atoms with Crippen LogP contribution in [0.25, 0.3) is 11.6 Å². The number of hydrogen-bond donors (Lipinski definition) is 3. The number of nitrogens with zero attached hydrogens (tertiary/aromatic N) is 3. The van der Waals surface area contributed by atoms with Crippen molar-refractivity contribution in [3.05, 3.63) is 24.2 Å². The number of halogens is 1. The summed E-state index contributed by atoms with van der Waals surface area (Å²) in [4.78, 5) is 8.88. The zero-order chi connectivity index (χ0) is 15.8. The Bertz CT molecular complexity index is 579. The van der Waals surface area contributed by atoms with Crippen molar-refractivity contribution in [3.63, 3.8) is 0 Å². The molecule has 0 radical (unpaired) electrons. The summed E-state index contributed by atoms with van der Waals surface area (Å²) < 4.78 is 5.27. The van der Waals surface area contributed by atoms with Crippen LogP contribution in [0.5, 0.6) is 0 Å². The number of guanidine groups is 1. The molecule has 2 aromatic heterocycles. The second-order valence-electron chi connectivity index (χ2n) is 5.39. The molecule has 0 saturated heterocycles. The van der Waals surface area contributed by atoms with Crippen LogP contribution in [0.1, 0.15) is 33.0 Å². The molecule has 23 heavy (non-hydrogen) atoms. The molecule has 0 aliphatic rings. The molecular formula is C15H25IN6O. The maximum absolute atomic E-state index is 5.27. The summed E-state index contributed by atoms with van der Waals surface area (Å²) in [6.07, 6.45) is 2.71. The first-order valence-corrected chi connectivity index (χ1v) is 7.66. The molecule has 128 valence electrons. The van der Waals surface area contributed by atoms with Gasteiger partial charge in [-0.2, -0.15) is 0 Å². The summed E-state index contributed by atoms with van der Waals surface area (Å²) in [6, 6.07) is 3.64. The highest BCUT2D eigenvalue weighted by Crippen LogP contribution is 2.14. The van der Waals surface area contributed by atoms with E-state index in [1.165, 1.54) is 0 Å². The maximum atomic E-state index is 5.27. The normalized spacial score (nSPS) is 11.4. The molecule has 8 heteroatoms. The van der Waals surface area contributed by atoms with Gasteiger partial charge in [0, 0.05) is 13.1 Å². The average Bonchev–Trinajstić information content (AvgIpc) is 3.15. The van der Waals surface area contributed by atoms with E-state index in [0.29, 0.717) is 29.9 Å². The van der Waals surface area contributed by atoms with Crippen molar-refractivity contribution in [2.45, 2.75) is 33.7 Å². The van der Waals surface area contributed by atoms with Crippen LogP contribution in [-0.2, 0) is 6.54 Å². The standard InChI is InChI=1S/C15H24N6O.HI/c1-4-16-15(17-8-7-11(2)3)18-10-13-19-14(21-20-13)12-6-5-9-22-12;/h5-6,9,11H,4,7-8,10H2,1-3H3,(H2,16,17,18)(H,19,20,21);1H. The Morgan fingerprint density at radius 2 is 2.22 bits per heavy atom. The molecule has 0 atom stereocenters. The Labute approximate surface area is 153 Å². The van der Waals surface area contributed by atoms with Gasteiger partial charge < -0.3 is 15.1 Å². The van der Waals surface area contributed by atoms with Gasteiger partial charge in [-0.25, -0.2) is 9.98 Å². The van der Waals surface area contributed by atoms with Crippen molar-refractivity contribution < 1.29 is 4.42 Å². The minimum absolute atomic E-state index is 0. The predicted octanol–water partition coefficient (Wildman–Crippen LogP) is 2.78. The third-order valence-corrected chi connectivity index (χ3v) is 3.02. The molecule has 2 aromatic rings. The number of H-pyrrole nitrogens is 1. The summed E-state index contributed by atoms with van der Waals surface area (Å²) in [5.74, 6) is 3.36. The van der Waals surface area contributed by atoms with Crippen LogP contribution >= 0.6 is 24.0 Å². The van der Waals surface area contributed by atoms with E-state index in [2.05, 4.69) is 44.7 Å². The lowest BCUT2D eigenvalue weighted by Crippen LogP contribution is -2.38. The van der Waals surface area contributed by atoms with E-state index in [0.717, 1.165) is 25.5 Å². The Morgan fingerprint density at radius 1 is 1.39 bits per heavy atom. The van der Waals surface area contributed by atoms with Crippen molar-refractivity contribution in [2.24, 2.45) is 10.9 Å². The summed E-state index contributed by atoms with van der Waals surface area (Å²) in [5, 5.41) is 13.5. The highest BCUT2D eigenvalue weighted by atomic mass is 127. The third-order valence-electron chi connectivity index (χ3n) is 3.02. The molecule has 0 spiro atoms. The number of hydrogen-bond acceptors (Lipinski definition) is 4. The number of nitrogens with one attached hydrogen (secondary N) is 3. The molecule has 0 unspecified atom stereocenters. The van der Waals surface area contributed by atoms with Crippen LogP contribution in [0, 0.1) is 5.92 Å². The van der Waals surface area contributed by atoms with E-state index in [1.54, 1.807) is 6.26 Å². The van der Waals surface area contributed by atoms with Gasteiger partial charge >= 0.3 is 0 Å². The lowest BCUT2D eigenvalue weighted by molar-refractivity contribution is 0.573. The van der Waals surface area contributed by atoms with Gasteiger partial charge in [-0.1, -0.05) is 13.8 Å². The summed E-state index contributed by atoms with van der Waals surface area (Å²) >= 11 is 0. The largest absolute Gasteiger partial charge is 0.461 e. The molecule has 0 bridgehead atoms. The summed E-state index contributed by atoms with van der Waals surface area (Å²) in [6.45, 7) is 8.61. The van der Waals surface area contributed by atoms with Crippen molar-refractivity contribution in [3.8, 4) is 11.6 Å². The van der Waals surface area contributed by atoms with Gasteiger partial charge in [-0.05, 0) is 31.4 Å². The molecular weight excluding hydrogens is 407 g/mol. The SMILES string of the molecule is CCNC(=NCc1nc(-c2ccco2)n[nH]1)NCCC(C)C.I. The molecule has 2 rings (SSSR count). The Kier molecular flexibility index (Phi) is 8.67. The first-order valence-electron chi connectivity index (χ1n) is 7.66. The van der Waals surface area contributed by atoms with E-state index in [1.807, 2.05) is 19.1 Å². The summed E-state index contributed by atoms with van der Waals surface area (Å²) in [5.41, 5.74) is 0. The molecule has 3 N–H and O–H groups in total. The molecule has 0 aromatic carbocycles. The number of aromatic nitrogens is 3.